The van der Waals surface area contributed by atoms with E-state index in [2.05, 4.69) is 90.2 Å². The molecule has 0 saturated carbocycles. The van der Waals surface area contributed by atoms with Crippen LogP contribution >= 0.6 is 0 Å². The van der Waals surface area contributed by atoms with Crippen molar-refractivity contribution in [3.05, 3.63) is 48.0 Å². The monoisotopic (exact) mass is 550 g/mol. The predicted octanol–water partition coefficient (Wildman–Crippen LogP) is 3.68. The van der Waals surface area contributed by atoms with Crippen LogP contribution in [0.1, 0.15) is 91.6 Å². The fourth-order valence-corrected chi connectivity index (χ4v) is 7.67. The van der Waals surface area contributed by atoms with E-state index < -0.39 is 0 Å². The summed E-state index contributed by atoms with van der Waals surface area (Å²) in [6, 6.07) is 11.6. The van der Waals surface area contributed by atoms with Crippen LogP contribution in [-0.4, -0.2) is 83.7 Å². The highest BCUT2D eigenvalue weighted by Gasteiger charge is 2.50. The van der Waals surface area contributed by atoms with Gasteiger partial charge in [0.05, 0.1) is 0 Å². The van der Waals surface area contributed by atoms with E-state index in [0.29, 0.717) is 30.2 Å². The zero-order chi connectivity index (χ0) is 28.5. The van der Waals surface area contributed by atoms with Crippen LogP contribution in [0.15, 0.2) is 36.7 Å². The van der Waals surface area contributed by atoms with Gasteiger partial charge in [0.25, 0.3) is 0 Å². The molecule has 0 aromatic carbocycles. The third-order valence-electron chi connectivity index (χ3n) is 10.2. The minimum Gasteiger partial charge on any atom is -0.349 e. The topological polar surface area (TPSA) is 94.4 Å². The summed E-state index contributed by atoms with van der Waals surface area (Å²) in [5.41, 5.74) is 21.5. The van der Waals surface area contributed by atoms with Crippen LogP contribution in [0.4, 0.5) is 0 Å². The Kier molecular flexibility index (Phi) is 10.8. The first-order valence-electron chi connectivity index (χ1n) is 15.5. The van der Waals surface area contributed by atoms with Gasteiger partial charge < -0.3 is 36.1 Å². The van der Waals surface area contributed by atoms with Crippen molar-refractivity contribution in [2.45, 2.75) is 128 Å². The molecular formula is C32H57BN7. The van der Waals surface area contributed by atoms with E-state index in [0.717, 1.165) is 6.54 Å². The molecule has 0 bridgehead atoms. The lowest BCUT2D eigenvalue weighted by Gasteiger charge is -2.43. The van der Waals surface area contributed by atoms with Crippen molar-refractivity contribution >= 4 is 8.41 Å². The van der Waals surface area contributed by atoms with E-state index in [1.165, 1.54) is 63.3 Å². The van der Waals surface area contributed by atoms with Crippen LogP contribution in [0.25, 0.3) is 0 Å². The molecule has 2 spiro atoms. The quantitative estimate of drug-likeness (QED) is 0.496. The first kappa shape index (κ1) is 32.9. The first-order chi connectivity index (χ1) is 18.4. The molecule has 4 aliphatic rings. The molecule has 4 aliphatic heterocycles. The third kappa shape index (κ3) is 6.12. The van der Waals surface area contributed by atoms with Crippen molar-refractivity contribution in [3.63, 3.8) is 0 Å². The van der Waals surface area contributed by atoms with E-state index in [1.807, 2.05) is 13.8 Å². The van der Waals surface area contributed by atoms with Crippen molar-refractivity contribution in [1.82, 2.24) is 18.9 Å². The number of hydrogen-bond donors (Lipinski definition) is 3. The van der Waals surface area contributed by atoms with Crippen LogP contribution in [0.3, 0.4) is 0 Å². The molecule has 6 rings (SSSR count). The van der Waals surface area contributed by atoms with Crippen LogP contribution in [0.2, 0.25) is 0 Å². The Bertz CT molecular complexity index is 1040. The number of piperidine rings is 2. The molecule has 0 amide bonds. The number of rotatable bonds is 2. The van der Waals surface area contributed by atoms with Gasteiger partial charge in [-0.3, -0.25) is 0 Å². The number of nitrogens with zero attached hydrogens (tertiary/aromatic N) is 4. The SMILES string of the molecule is CC(C)N.CC(C)N1CCC2(CC1)c1cccn1C(C)[C@H]2N.CC(C)N1CCC2(CC1)c1cccn1C[C@H]2N.[B]. The molecule has 6 N–H and O–H groups in total. The van der Waals surface area contributed by atoms with Crippen LogP contribution in [0, 0.1) is 0 Å². The second kappa shape index (κ2) is 13.2. The zero-order valence-electron chi connectivity index (χ0n) is 26.4. The molecule has 1 unspecified atom stereocenters. The van der Waals surface area contributed by atoms with Gasteiger partial charge in [0.15, 0.2) is 0 Å². The van der Waals surface area contributed by atoms with Crippen molar-refractivity contribution in [2.24, 2.45) is 17.2 Å². The van der Waals surface area contributed by atoms with Gasteiger partial charge in [-0.15, -0.1) is 0 Å². The standard InChI is InChI=1S/C15H25N3.C14H23N3.C3H9N.B/c1-11(2)17-9-6-15(7-10-17)13-5-4-8-18(13)12(3)14(15)16;1-11(2)16-8-5-14(6-9-16)12(15)10-17-7-3-4-13(14)17;1-3(2)4;/h4-5,8,11-12,14H,6-7,9-10,16H2,1-3H3;3-4,7,11-12H,5-6,8-10,15H2,1-2H3;3H,4H2,1-2H3;/t12?,14-;12-;;/m11../s1. The van der Waals surface area contributed by atoms with Crippen LogP contribution in [-0.2, 0) is 17.4 Å². The molecule has 0 aliphatic carbocycles. The molecule has 3 radical (unpaired) electrons. The summed E-state index contributed by atoms with van der Waals surface area (Å²) in [6.45, 7) is 21.1. The molecule has 2 saturated heterocycles. The highest BCUT2D eigenvalue weighted by atomic mass is 15.2. The average Bonchev–Trinajstić information content (AvgIpc) is 3.65. The van der Waals surface area contributed by atoms with Crippen molar-refractivity contribution in [2.75, 3.05) is 26.2 Å². The molecular weight excluding hydrogens is 493 g/mol. The second-order valence-corrected chi connectivity index (χ2v) is 13.5. The van der Waals surface area contributed by atoms with Gasteiger partial charge in [-0.05, 0) is 117 Å². The van der Waals surface area contributed by atoms with Gasteiger partial charge in [0, 0.05) is 79.8 Å². The minimum atomic E-state index is 0. The molecule has 223 valence electrons. The van der Waals surface area contributed by atoms with E-state index in [9.17, 15) is 0 Å². The maximum absolute atomic E-state index is 6.56. The highest BCUT2D eigenvalue weighted by Crippen LogP contribution is 2.47. The van der Waals surface area contributed by atoms with Crippen molar-refractivity contribution < 1.29 is 0 Å². The van der Waals surface area contributed by atoms with E-state index in [1.54, 1.807) is 0 Å². The Labute approximate surface area is 246 Å². The molecule has 3 atom stereocenters. The highest BCUT2D eigenvalue weighted by molar-refractivity contribution is 5.75. The van der Waals surface area contributed by atoms with Gasteiger partial charge in [-0.25, -0.2) is 0 Å². The van der Waals surface area contributed by atoms with E-state index >= 15 is 0 Å². The zero-order valence-corrected chi connectivity index (χ0v) is 26.4. The summed E-state index contributed by atoms with van der Waals surface area (Å²) in [6.07, 6.45) is 9.23. The molecule has 2 aromatic rings. The normalized spacial score (nSPS) is 26.8. The number of hydrogen-bond acceptors (Lipinski definition) is 5. The molecule has 2 aromatic heterocycles. The van der Waals surface area contributed by atoms with Gasteiger partial charge >= 0.3 is 0 Å². The molecule has 2 fully saturated rings. The van der Waals surface area contributed by atoms with Crippen molar-refractivity contribution in [1.29, 1.82) is 0 Å². The molecule has 6 heterocycles. The molecule has 7 nitrogen and oxygen atoms in total. The number of likely N-dealkylation sites (tertiary alicyclic amines) is 2. The fourth-order valence-electron chi connectivity index (χ4n) is 7.67. The summed E-state index contributed by atoms with van der Waals surface area (Å²) < 4.78 is 4.76. The van der Waals surface area contributed by atoms with Gasteiger partial charge in [-0.2, -0.15) is 0 Å². The lowest BCUT2D eigenvalue weighted by molar-refractivity contribution is 0.116. The Morgan fingerprint density at radius 1 is 0.750 bits per heavy atom. The predicted molar refractivity (Wildman–Crippen MR) is 170 cm³/mol. The summed E-state index contributed by atoms with van der Waals surface area (Å²) in [5, 5.41) is 0. The summed E-state index contributed by atoms with van der Waals surface area (Å²) in [5.74, 6) is 0. The Balaban J connectivity index is 0.000000191. The van der Waals surface area contributed by atoms with Crippen LogP contribution in [0.5, 0.6) is 0 Å². The lowest BCUT2D eigenvalue weighted by atomic mass is 9.70. The molecule has 40 heavy (non-hydrogen) atoms. The largest absolute Gasteiger partial charge is 0.349 e. The Morgan fingerprint density at radius 3 is 1.70 bits per heavy atom. The third-order valence-corrected chi connectivity index (χ3v) is 10.2. The fraction of sp³-hybridized carbons (Fsp3) is 0.750. The van der Waals surface area contributed by atoms with E-state index in [-0.39, 0.29) is 25.3 Å². The Morgan fingerprint density at radius 2 is 1.20 bits per heavy atom. The van der Waals surface area contributed by atoms with Crippen molar-refractivity contribution in [3.8, 4) is 0 Å². The minimum absolute atomic E-state index is 0. The smallest absolute Gasteiger partial charge is 0.0465 e. The summed E-state index contributed by atoms with van der Waals surface area (Å²) in [7, 11) is 0. The first-order valence-corrected chi connectivity index (χ1v) is 15.5. The van der Waals surface area contributed by atoms with E-state index in [4.69, 9.17) is 17.2 Å². The van der Waals surface area contributed by atoms with Gasteiger partial charge in [0.1, 0.15) is 0 Å². The van der Waals surface area contributed by atoms with Gasteiger partial charge in [-0.1, -0.05) is 13.8 Å². The molecule has 8 heteroatoms. The number of aromatic nitrogens is 2. The van der Waals surface area contributed by atoms with Gasteiger partial charge in [0.2, 0.25) is 0 Å². The average molecular weight is 551 g/mol. The maximum atomic E-state index is 6.56. The Hall–Kier alpha value is -1.58. The number of fused-ring (bicyclic) bond motifs is 4. The maximum Gasteiger partial charge on any atom is 0.0465 e. The summed E-state index contributed by atoms with van der Waals surface area (Å²) in [4.78, 5) is 5.15. The second-order valence-electron chi connectivity index (χ2n) is 13.5. The lowest BCUT2D eigenvalue weighted by Crippen LogP contribution is -2.52. The summed E-state index contributed by atoms with van der Waals surface area (Å²) >= 11 is 0. The van der Waals surface area contributed by atoms with Crippen LogP contribution < -0.4 is 17.2 Å². The number of nitrogens with two attached hydrogens (primary N) is 3.